The first-order valence-corrected chi connectivity index (χ1v) is 10.8. The molecular weight excluding hydrogens is 406 g/mol. The molecule has 9 heteroatoms. The molecule has 2 aromatic rings. The lowest BCUT2D eigenvalue weighted by Gasteiger charge is -2.13. The number of amides is 1. The molecule has 1 amide bonds. The summed E-state index contributed by atoms with van der Waals surface area (Å²) in [6, 6.07) is 9.25. The third-order valence-electron chi connectivity index (χ3n) is 4.61. The Hall–Kier alpha value is -3.20. The number of benzene rings is 2. The summed E-state index contributed by atoms with van der Waals surface area (Å²) in [6.07, 6.45) is 0. The van der Waals surface area contributed by atoms with Gasteiger partial charge in [-0.05, 0) is 51.0 Å². The maximum absolute atomic E-state index is 12.3. The fraction of sp³-hybridized carbons (Fsp3) is 0.286. The van der Waals surface area contributed by atoms with Crippen LogP contribution in [0.2, 0.25) is 0 Å². The van der Waals surface area contributed by atoms with Gasteiger partial charge in [-0.25, -0.2) is 13.2 Å². The smallest absolute Gasteiger partial charge is 0.331 e. The maximum Gasteiger partial charge on any atom is 0.331 e. The molecule has 1 atom stereocenters. The number of aliphatic imine (C=N–C) groups is 1. The Bertz CT molecular complexity index is 1130. The van der Waals surface area contributed by atoms with Gasteiger partial charge in [-0.3, -0.25) is 14.5 Å². The van der Waals surface area contributed by atoms with E-state index in [4.69, 9.17) is 4.74 Å². The number of amidine groups is 1. The Morgan fingerprint density at radius 2 is 1.77 bits per heavy atom. The number of nitrogens with zero attached hydrogens (tertiary/aromatic N) is 1. The van der Waals surface area contributed by atoms with Crippen molar-refractivity contribution in [3.05, 3.63) is 58.7 Å². The number of anilines is 1. The average molecular weight is 429 g/mol. The van der Waals surface area contributed by atoms with E-state index in [2.05, 4.69) is 15.0 Å². The summed E-state index contributed by atoms with van der Waals surface area (Å²) in [5.74, 6) is -1.13. The van der Waals surface area contributed by atoms with Crippen molar-refractivity contribution >= 4 is 33.4 Å². The van der Waals surface area contributed by atoms with Gasteiger partial charge in [0.25, 0.3) is 15.9 Å². The fourth-order valence-electron chi connectivity index (χ4n) is 3.29. The molecule has 0 unspecified atom stereocenters. The zero-order chi connectivity index (χ0) is 22.1. The first-order chi connectivity index (χ1) is 14.1. The van der Waals surface area contributed by atoms with Gasteiger partial charge in [0, 0.05) is 11.3 Å². The van der Waals surface area contributed by atoms with E-state index in [1.165, 1.54) is 13.0 Å². The van der Waals surface area contributed by atoms with Gasteiger partial charge in [0.15, 0.2) is 6.61 Å². The molecule has 0 aliphatic carbocycles. The molecule has 158 valence electrons. The second kappa shape index (κ2) is 8.27. The molecule has 0 bridgehead atoms. The molecule has 0 radical (unpaired) electrons. The summed E-state index contributed by atoms with van der Waals surface area (Å²) in [4.78, 5) is 28.7. The van der Waals surface area contributed by atoms with Crippen LogP contribution in [0.15, 0.2) is 46.3 Å². The highest BCUT2D eigenvalue weighted by Crippen LogP contribution is 2.23. The highest BCUT2D eigenvalue weighted by molar-refractivity contribution is 7.90. The first kappa shape index (κ1) is 21.5. The molecule has 0 spiro atoms. The zero-order valence-electron chi connectivity index (χ0n) is 17.1. The van der Waals surface area contributed by atoms with Crippen LogP contribution in [0.3, 0.4) is 0 Å². The number of esters is 1. The van der Waals surface area contributed by atoms with E-state index in [9.17, 15) is 18.0 Å². The number of carbonyl (C=O) groups excluding carboxylic acids is 2. The predicted octanol–water partition coefficient (Wildman–Crippen LogP) is 2.22. The quantitative estimate of drug-likeness (QED) is 0.708. The second-order valence-corrected chi connectivity index (χ2v) is 8.84. The molecule has 0 aromatic heterocycles. The van der Waals surface area contributed by atoms with Gasteiger partial charge in [-0.1, -0.05) is 29.8 Å². The predicted molar refractivity (Wildman–Crippen MR) is 113 cm³/mol. The lowest BCUT2D eigenvalue weighted by molar-refractivity contribution is -0.148. The summed E-state index contributed by atoms with van der Waals surface area (Å²) >= 11 is 0. The Balaban J connectivity index is 1.63. The van der Waals surface area contributed by atoms with Crippen LogP contribution in [-0.4, -0.2) is 38.8 Å². The second-order valence-electron chi connectivity index (χ2n) is 7.18. The minimum atomic E-state index is -3.69. The zero-order valence-corrected chi connectivity index (χ0v) is 18.0. The third-order valence-corrected chi connectivity index (χ3v) is 6.01. The highest BCUT2D eigenvalue weighted by Gasteiger charge is 2.31. The van der Waals surface area contributed by atoms with E-state index >= 15 is 0 Å². The molecule has 2 N–H and O–H groups in total. The average Bonchev–Trinajstić information content (AvgIpc) is 2.93. The van der Waals surface area contributed by atoms with Crippen molar-refractivity contribution in [2.45, 2.75) is 38.6 Å². The standard InChI is InChI=1S/C21H23N3O5S/c1-12-9-13(2)19(14(3)10-12)23-18(25)11-29-21(26)15(4)22-20-16-7-5-6-8-17(16)30(27,28)24-20/h5-10,15H,11H2,1-4H3,(H,22,24)(H,23,25)/t15-/m0/s1. The Morgan fingerprint density at radius 3 is 2.43 bits per heavy atom. The van der Waals surface area contributed by atoms with Gasteiger partial charge in [0.05, 0.1) is 4.90 Å². The summed E-state index contributed by atoms with van der Waals surface area (Å²) in [6.45, 7) is 6.75. The minimum Gasteiger partial charge on any atom is -0.454 e. The summed E-state index contributed by atoms with van der Waals surface area (Å²) in [7, 11) is -3.69. The molecule has 0 fully saturated rings. The van der Waals surface area contributed by atoms with Crippen molar-refractivity contribution in [3.8, 4) is 0 Å². The van der Waals surface area contributed by atoms with Crippen molar-refractivity contribution in [3.63, 3.8) is 0 Å². The van der Waals surface area contributed by atoms with Crippen LogP contribution in [0.1, 0.15) is 29.2 Å². The molecule has 1 aliphatic heterocycles. The van der Waals surface area contributed by atoms with Crippen LogP contribution in [0.4, 0.5) is 5.69 Å². The molecular formula is C21H23N3O5S. The van der Waals surface area contributed by atoms with Gasteiger partial charge in [-0.2, -0.15) is 0 Å². The largest absolute Gasteiger partial charge is 0.454 e. The number of ether oxygens (including phenoxy) is 1. The summed E-state index contributed by atoms with van der Waals surface area (Å²) < 4.78 is 31.6. The number of nitrogens with one attached hydrogen (secondary N) is 2. The van der Waals surface area contributed by atoms with Crippen LogP contribution in [0, 0.1) is 20.8 Å². The van der Waals surface area contributed by atoms with Crippen molar-refractivity contribution in [2.24, 2.45) is 4.99 Å². The lowest BCUT2D eigenvalue weighted by atomic mass is 10.1. The number of hydrogen-bond acceptors (Lipinski definition) is 6. The maximum atomic E-state index is 12.3. The number of sulfonamides is 1. The van der Waals surface area contributed by atoms with E-state index < -0.39 is 34.5 Å². The topological polar surface area (TPSA) is 114 Å². The van der Waals surface area contributed by atoms with Crippen LogP contribution < -0.4 is 10.0 Å². The van der Waals surface area contributed by atoms with Gasteiger partial charge in [-0.15, -0.1) is 0 Å². The molecule has 30 heavy (non-hydrogen) atoms. The van der Waals surface area contributed by atoms with Gasteiger partial charge in [0.2, 0.25) is 0 Å². The third kappa shape index (κ3) is 4.51. The van der Waals surface area contributed by atoms with E-state index in [0.29, 0.717) is 11.3 Å². The molecule has 0 saturated heterocycles. The molecule has 3 rings (SSSR count). The number of aryl methyl sites for hydroxylation is 3. The number of carbonyl (C=O) groups is 2. The highest BCUT2D eigenvalue weighted by atomic mass is 32.2. The first-order valence-electron chi connectivity index (χ1n) is 9.33. The van der Waals surface area contributed by atoms with Crippen molar-refractivity contribution in [1.29, 1.82) is 0 Å². The molecule has 1 heterocycles. The molecule has 8 nitrogen and oxygen atoms in total. The normalized spacial score (nSPS) is 16.5. The SMILES string of the molecule is Cc1cc(C)c(NC(=O)COC(=O)[C@H](C)N=C2NS(=O)(=O)c3ccccc32)c(C)c1. The van der Waals surface area contributed by atoms with E-state index in [1.54, 1.807) is 18.2 Å². The Morgan fingerprint density at radius 1 is 1.13 bits per heavy atom. The van der Waals surface area contributed by atoms with E-state index in [-0.39, 0.29) is 10.7 Å². The molecule has 1 aliphatic rings. The lowest BCUT2D eigenvalue weighted by Crippen LogP contribution is -2.29. The number of hydrogen-bond donors (Lipinski definition) is 2. The van der Waals surface area contributed by atoms with E-state index in [0.717, 1.165) is 16.7 Å². The number of fused-ring (bicyclic) bond motifs is 1. The van der Waals surface area contributed by atoms with Crippen LogP contribution in [0.25, 0.3) is 0 Å². The summed E-state index contributed by atoms with van der Waals surface area (Å²) in [5, 5.41) is 2.75. The van der Waals surface area contributed by atoms with Crippen LogP contribution >= 0.6 is 0 Å². The van der Waals surface area contributed by atoms with Crippen molar-refractivity contribution in [1.82, 2.24) is 4.72 Å². The van der Waals surface area contributed by atoms with Gasteiger partial charge in [0.1, 0.15) is 11.9 Å². The van der Waals surface area contributed by atoms with E-state index in [1.807, 2.05) is 32.9 Å². The fourth-order valence-corrected chi connectivity index (χ4v) is 4.53. The summed E-state index contributed by atoms with van der Waals surface area (Å²) in [5.41, 5.74) is 4.00. The van der Waals surface area contributed by atoms with Crippen LogP contribution in [-0.2, 0) is 24.3 Å². The molecule has 2 aromatic carbocycles. The van der Waals surface area contributed by atoms with Crippen molar-refractivity contribution < 1.29 is 22.7 Å². The number of rotatable bonds is 5. The van der Waals surface area contributed by atoms with Crippen LogP contribution in [0.5, 0.6) is 0 Å². The monoisotopic (exact) mass is 429 g/mol. The van der Waals surface area contributed by atoms with Crippen molar-refractivity contribution in [2.75, 3.05) is 11.9 Å². The molecule has 0 saturated carbocycles. The Kier molecular flexibility index (Phi) is 5.93. The Labute approximate surface area is 175 Å². The minimum absolute atomic E-state index is 0.0745. The van der Waals surface area contributed by atoms with Gasteiger partial charge >= 0.3 is 5.97 Å². The van der Waals surface area contributed by atoms with Gasteiger partial charge < -0.3 is 10.1 Å².